The van der Waals surface area contributed by atoms with Crippen molar-refractivity contribution in [2.45, 2.75) is 25.4 Å². The van der Waals surface area contributed by atoms with Crippen LogP contribution in [0.15, 0.2) is 121 Å². The van der Waals surface area contributed by atoms with Gasteiger partial charge in [-0.3, -0.25) is 0 Å². The SMILES string of the molecule is CCC[N+](C)(Cc1ccccc1)C(c1ccccc1)(c1ccccc1)c1ccccc1. The third kappa shape index (κ3) is 3.94. The first kappa shape index (κ1) is 21.1. The number of quaternary nitrogens is 1. The minimum atomic E-state index is -0.324. The summed E-state index contributed by atoms with van der Waals surface area (Å²) in [6.07, 6.45) is 1.11. The minimum Gasteiger partial charge on any atom is -0.306 e. The van der Waals surface area contributed by atoms with Crippen LogP contribution in [0.1, 0.15) is 35.6 Å². The molecule has 1 heteroatoms. The topological polar surface area (TPSA) is 0 Å². The Kier molecular flexibility index (Phi) is 6.34. The maximum absolute atomic E-state index is 2.43. The van der Waals surface area contributed by atoms with Gasteiger partial charge in [0.2, 0.25) is 0 Å². The van der Waals surface area contributed by atoms with Crippen LogP contribution in [0.2, 0.25) is 0 Å². The van der Waals surface area contributed by atoms with Gasteiger partial charge in [0, 0.05) is 22.3 Å². The summed E-state index contributed by atoms with van der Waals surface area (Å²) in [5, 5.41) is 0. The standard InChI is InChI=1S/C30H32N/c1-3-24-31(2,25-26-16-8-4-9-17-26)30(27-18-10-5-11-19-27,28-20-12-6-13-21-28)29-22-14-7-15-23-29/h4-23H,3,24-25H2,1-2H3/q+1. The van der Waals surface area contributed by atoms with Crippen LogP contribution in [0, 0.1) is 0 Å². The number of benzene rings is 4. The number of hydrogen-bond donors (Lipinski definition) is 0. The van der Waals surface area contributed by atoms with Crippen molar-refractivity contribution in [2.24, 2.45) is 0 Å². The molecule has 1 atom stereocenters. The highest BCUT2D eigenvalue weighted by atomic mass is 15.4. The van der Waals surface area contributed by atoms with Crippen LogP contribution in [-0.2, 0) is 12.1 Å². The van der Waals surface area contributed by atoms with Crippen molar-refractivity contribution >= 4 is 0 Å². The molecule has 0 aliphatic carbocycles. The number of rotatable bonds is 8. The molecule has 0 N–H and O–H groups in total. The van der Waals surface area contributed by atoms with Crippen LogP contribution < -0.4 is 0 Å². The van der Waals surface area contributed by atoms with Crippen molar-refractivity contribution in [3.05, 3.63) is 144 Å². The largest absolute Gasteiger partial charge is 0.306 e. The number of nitrogens with zero attached hydrogens (tertiary/aromatic N) is 1. The van der Waals surface area contributed by atoms with Crippen molar-refractivity contribution in [1.82, 2.24) is 0 Å². The van der Waals surface area contributed by atoms with E-state index in [4.69, 9.17) is 0 Å². The predicted molar refractivity (Wildman–Crippen MR) is 131 cm³/mol. The monoisotopic (exact) mass is 406 g/mol. The van der Waals surface area contributed by atoms with Crippen molar-refractivity contribution < 1.29 is 4.48 Å². The molecule has 4 aromatic carbocycles. The van der Waals surface area contributed by atoms with Gasteiger partial charge < -0.3 is 4.48 Å². The van der Waals surface area contributed by atoms with Crippen LogP contribution >= 0.6 is 0 Å². The van der Waals surface area contributed by atoms with E-state index in [1.54, 1.807) is 0 Å². The third-order valence-electron chi connectivity index (χ3n) is 6.48. The van der Waals surface area contributed by atoms with E-state index in [1.165, 1.54) is 22.3 Å². The molecule has 0 aliphatic rings. The zero-order valence-electron chi connectivity index (χ0n) is 18.6. The summed E-state index contributed by atoms with van der Waals surface area (Å²) in [7, 11) is 2.43. The predicted octanol–water partition coefficient (Wildman–Crippen LogP) is 7.04. The third-order valence-corrected chi connectivity index (χ3v) is 6.48. The fourth-order valence-corrected chi connectivity index (χ4v) is 5.32. The smallest absolute Gasteiger partial charge is 0.176 e. The second kappa shape index (κ2) is 9.32. The van der Waals surface area contributed by atoms with E-state index in [9.17, 15) is 0 Å². The van der Waals surface area contributed by atoms with Gasteiger partial charge in [0.1, 0.15) is 6.54 Å². The normalized spacial score (nSPS) is 13.5. The fraction of sp³-hybridized carbons (Fsp3) is 0.200. The average molecular weight is 407 g/mol. The van der Waals surface area contributed by atoms with Crippen LogP contribution in [0.4, 0.5) is 0 Å². The van der Waals surface area contributed by atoms with Crippen molar-refractivity contribution in [2.75, 3.05) is 13.6 Å². The molecule has 0 radical (unpaired) electrons. The van der Waals surface area contributed by atoms with Gasteiger partial charge >= 0.3 is 0 Å². The molecule has 0 aromatic heterocycles. The maximum atomic E-state index is 2.43. The molecule has 31 heavy (non-hydrogen) atoms. The first-order valence-corrected chi connectivity index (χ1v) is 11.3. The van der Waals surface area contributed by atoms with Crippen LogP contribution in [0.5, 0.6) is 0 Å². The highest BCUT2D eigenvalue weighted by molar-refractivity contribution is 5.47. The Morgan fingerprint density at radius 3 is 1.26 bits per heavy atom. The average Bonchev–Trinajstić information content (AvgIpc) is 2.82. The Bertz CT molecular complexity index is 962. The van der Waals surface area contributed by atoms with Gasteiger partial charge in [0.25, 0.3) is 0 Å². The Labute approximate surface area is 187 Å². The Balaban J connectivity index is 2.07. The van der Waals surface area contributed by atoms with E-state index in [-0.39, 0.29) is 5.54 Å². The van der Waals surface area contributed by atoms with E-state index in [1.807, 2.05) is 0 Å². The molecule has 1 unspecified atom stereocenters. The molecule has 0 amide bonds. The molecule has 4 aromatic rings. The highest BCUT2D eigenvalue weighted by Crippen LogP contribution is 2.47. The summed E-state index contributed by atoms with van der Waals surface area (Å²) in [5.74, 6) is 0. The highest BCUT2D eigenvalue weighted by Gasteiger charge is 2.52. The molecule has 0 saturated carbocycles. The Hall–Kier alpha value is -3.16. The minimum absolute atomic E-state index is 0.324. The van der Waals surface area contributed by atoms with Gasteiger partial charge in [-0.25, -0.2) is 0 Å². The number of hydrogen-bond acceptors (Lipinski definition) is 0. The molecule has 0 spiro atoms. The Morgan fingerprint density at radius 2 is 0.903 bits per heavy atom. The van der Waals surface area contributed by atoms with E-state index in [0.29, 0.717) is 0 Å². The van der Waals surface area contributed by atoms with Crippen LogP contribution in [-0.4, -0.2) is 18.1 Å². The van der Waals surface area contributed by atoms with Gasteiger partial charge in [0.15, 0.2) is 5.54 Å². The maximum Gasteiger partial charge on any atom is 0.176 e. The van der Waals surface area contributed by atoms with Crippen molar-refractivity contribution in [3.63, 3.8) is 0 Å². The molecule has 0 fully saturated rings. The summed E-state index contributed by atoms with van der Waals surface area (Å²) in [6, 6.07) is 44.2. The van der Waals surface area contributed by atoms with Crippen molar-refractivity contribution in [1.29, 1.82) is 0 Å². The molecule has 0 aliphatic heterocycles. The second-order valence-electron chi connectivity index (χ2n) is 8.57. The zero-order valence-corrected chi connectivity index (χ0v) is 18.6. The van der Waals surface area contributed by atoms with E-state index < -0.39 is 0 Å². The lowest BCUT2D eigenvalue weighted by molar-refractivity contribution is -0.967. The molecular weight excluding hydrogens is 374 g/mol. The fourth-order valence-electron chi connectivity index (χ4n) is 5.32. The molecule has 4 rings (SSSR count). The van der Waals surface area contributed by atoms with Gasteiger partial charge in [-0.15, -0.1) is 0 Å². The lowest BCUT2D eigenvalue weighted by Crippen LogP contribution is -2.60. The van der Waals surface area contributed by atoms with Gasteiger partial charge in [-0.05, 0) is 6.42 Å². The Morgan fingerprint density at radius 1 is 0.548 bits per heavy atom. The first-order valence-electron chi connectivity index (χ1n) is 11.3. The molecule has 0 bridgehead atoms. The molecular formula is C30H32N+. The van der Waals surface area contributed by atoms with E-state index in [0.717, 1.165) is 24.0 Å². The first-order chi connectivity index (χ1) is 15.2. The quantitative estimate of drug-likeness (QED) is 0.217. The second-order valence-corrected chi connectivity index (χ2v) is 8.57. The van der Waals surface area contributed by atoms with Gasteiger partial charge in [-0.2, -0.15) is 0 Å². The summed E-state index contributed by atoms with van der Waals surface area (Å²) in [5.41, 5.74) is 5.04. The van der Waals surface area contributed by atoms with Gasteiger partial charge in [-0.1, -0.05) is 128 Å². The lowest BCUT2D eigenvalue weighted by Gasteiger charge is -2.52. The molecule has 156 valence electrons. The zero-order chi connectivity index (χ0) is 21.6. The summed E-state index contributed by atoms with van der Waals surface area (Å²) in [4.78, 5) is 0. The summed E-state index contributed by atoms with van der Waals surface area (Å²) in [6.45, 7) is 4.31. The van der Waals surface area contributed by atoms with Crippen molar-refractivity contribution in [3.8, 4) is 0 Å². The molecule has 0 heterocycles. The summed E-state index contributed by atoms with van der Waals surface area (Å²) < 4.78 is 0.867. The van der Waals surface area contributed by atoms with Crippen LogP contribution in [0.25, 0.3) is 0 Å². The van der Waals surface area contributed by atoms with Gasteiger partial charge in [0.05, 0.1) is 13.6 Å². The molecule has 1 nitrogen and oxygen atoms in total. The van der Waals surface area contributed by atoms with E-state index in [2.05, 4.69) is 135 Å². The van der Waals surface area contributed by atoms with E-state index >= 15 is 0 Å². The molecule has 0 saturated heterocycles. The summed E-state index contributed by atoms with van der Waals surface area (Å²) >= 11 is 0. The van der Waals surface area contributed by atoms with Crippen LogP contribution in [0.3, 0.4) is 0 Å². The lowest BCUT2D eigenvalue weighted by atomic mass is 9.73.